The van der Waals surface area contributed by atoms with Gasteiger partial charge in [-0.3, -0.25) is 4.40 Å². The molecule has 2 heterocycles. The first-order valence-electron chi connectivity index (χ1n) is 7.18. The minimum absolute atomic E-state index is 0.180. The lowest BCUT2D eigenvalue weighted by Crippen LogP contribution is -2.10. The van der Waals surface area contributed by atoms with Crippen molar-refractivity contribution in [3.8, 4) is 11.3 Å². The molecule has 0 radical (unpaired) electrons. The van der Waals surface area contributed by atoms with Crippen LogP contribution in [0.1, 0.15) is 36.9 Å². The minimum Gasteiger partial charge on any atom is -0.325 e. The van der Waals surface area contributed by atoms with Crippen molar-refractivity contribution in [1.29, 1.82) is 0 Å². The molecule has 1 aromatic carbocycles. The lowest BCUT2D eigenvalue weighted by Gasteiger charge is -2.19. The topological polar surface area (TPSA) is 43.3 Å². The molecule has 0 spiro atoms. The molecule has 0 unspecified atom stereocenters. The summed E-state index contributed by atoms with van der Waals surface area (Å²) in [6.07, 6.45) is 2.05. The highest BCUT2D eigenvalue weighted by atomic mass is 32.1. The quantitative estimate of drug-likeness (QED) is 0.773. The first-order valence-corrected chi connectivity index (χ1v) is 8.00. The maximum Gasteiger partial charge on any atom is 0.194 e. The summed E-state index contributed by atoms with van der Waals surface area (Å²) >= 11 is 1.72. The Morgan fingerprint density at radius 2 is 1.86 bits per heavy atom. The highest BCUT2D eigenvalue weighted by Crippen LogP contribution is 2.32. The molecule has 4 heteroatoms. The predicted molar refractivity (Wildman–Crippen MR) is 89.8 cm³/mol. The number of nitrogens with zero attached hydrogens (tertiary/aromatic N) is 2. The van der Waals surface area contributed by atoms with Crippen molar-refractivity contribution in [3.63, 3.8) is 0 Å². The first kappa shape index (κ1) is 14.3. The number of imidazole rings is 1. The fourth-order valence-electron chi connectivity index (χ4n) is 2.57. The molecule has 3 rings (SSSR count). The molecule has 0 amide bonds. The Bertz CT molecular complexity index is 773. The molecule has 3 aromatic rings. The van der Waals surface area contributed by atoms with Crippen molar-refractivity contribution in [2.75, 3.05) is 0 Å². The van der Waals surface area contributed by atoms with Gasteiger partial charge in [-0.05, 0) is 23.5 Å². The van der Waals surface area contributed by atoms with Gasteiger partial charge in [0.2, 0.25) is 0 Å². The molecule has 3 nitrogen and oxygen atoms in total. The Hall–Kier alpha value is -1.65. The summed E-state index contributed by atoms with van der Waals surface area (Å²) < 4.78 is 2.16. The molecule has 0 saturated heterocycles. The Balaban J connectivity index is 2.11. The number of hydrogen-bond acceptors (Lipinski definition) is 3. The molecule has 0 aliphatic heterocycles. The number of aryl methyl sites for hydroxylation is 1. The minimum atomic E-state index is 0.180. The normalized spacial score (nSPS) is 12.2. The van der Waals surface area contributed by atoms with E-state index in [0.717, 1.165) is 10.7 Å². The van der Waals surface area contributed by atoms with Crippen molar-refractivity contribution >= 4 is 16.3 Å². The summed E-state index contributed by atoms with van der Waals surface area (Å²) in [6, 6.07) is 8.85. The molecule has 0 atom stereocenters. The number of thiazole rings is 1. The Kier molecular flexibility index (Phi) is 3.38. The molecule has 0 aliphatic carbocycles. The van der Waals surface area contributed by atoms with Crippen molar-refractivity contribution in [2.45, 2.75) is 39.7 Å². The molecule has 0 saturated carbocycles. The van der Waals surface area contributed by atoms with E-state index in [9.17, 15) is 0 Å². The average Bonchev–Trinajstić information content (AvgIpc) is 2.93. The van der Waals surface area contributed by atoms with Crippen LogP contribution in [-0.4, -0.2) is 9.38 Å². The summed E-state index contributed by atoms with van der Waals surface area (Å²) in [5.74, 6) is 0. The molecule has 21 heavy (non-hydrogen) atoms. The van der Waals surface area contributed by atoms with Crippen LogP contribution in [0.25, 0.3) is 16.2 Å². The summed E-state index contributed by atoms with van der Waals surface area (Å²) in [4.78, 5) is 6.85. The maximum absolute atomic E-state index is 5.70. The van der Waals surface area contributed by atoms with Gasteiger partial charge in [0.25, 0.3) is 0 Å². The summed E-state index contributed by atoms with van der Waals surface area (Å²) in [7, 11) is 0. The average molecular weight is 299 g/mol. The van der Waals surface area contributed by atoms with Gasteiger partial charge in [0.05, 0.1) is 11.4 Å². The number of hydrogen-bond donors (Lipinski definition) is 1. The fourth-order valence-corrected chi connectivity index (χ4v) is 3.56. The van der Waals surface area contributed by atoms with Gasteiger partial charge in [0.15, 0.2) is 4.96 Å². The third-order valence-corrected chi connectivity index (χ3v) is 4.75. The van der Waals surface area contributed by atoms with Gasteiger partial charge in [-0.15, -0.1) is 11.3 Å². The van der Waals surface area contributed by atoms with Gasteiger partial charge in [0.1, 0.15) is 0 Å². The second-order valence-electron chi connectivity index (χ2n) is 6.42. The summed E-state index contributed by atoms with van der Waals surface area (Å²) in [5, 5.41) is 0. The molecule has 0 aliphatic rings. The number of fused-ring (bicyclic) bond motifs is 1. The van der Waals surface area contributed by atoms with Gasteiger partial charge in [0, 0.05) is 17.6 Å². The van der Waals surface area contributed by atoms with E-state index in [0.29, 0.717) is 6.54 Å². The molecule has 2 aromatic heterocycles. The van der Waals surface area contributed by atoms with Crippen LogP contribution in [0.5, 0.6) is 0 Å². The second-order valence-corrected chi connectivity index (χ2v) is 7.60. The van der Waals surface area contributed by atoms with Gasteiger partial charge in [-0.2, -0.15) is 0 Å². The Morgan fingerprint density at radius 1 is 1.19 bits per heavy atom. The van der Waals surface area contributed by atoms with Gasteiger partial charge in [-0.1, -0.05) is 45.0 Å². The molecule has 110 valence electrons. The van der Waals surface area contributed by atoms with Crippen LogP contribution in [0.4, 0.5) is 0 Å². The van der Waals surface area contributed by atoms with E-state index in [4.69, 9.17) is 5.73 Å². The van der Waals surface area contributed by atoms with Crippen LogP contribution in [-0.2, 0) is 12.0 Å². The largest absolute Gasteiger partial charge is 0.325 e. The summed E-state index contributed by atoms with van der Waals surface area (Å²) in [6.45, 7) is 9.34. The van der Waals surface area contributed by atoms with Crippen LogP contribution < -0.4 is 5.73 Å². The van der Waals surface area contributed by atoms with Crippen molar-refractivity contribution in [3.05, 3.63) is 46.6 Å². The highest BCUT2D eigenvalue weighted by Gasteiger charge is 2.16. The van der Waals surface area contributed by atoms with Crippen LogP contribution >= 0.6 is 11.3 Å². The third kappa shape index (κ3) is 2.49. The first-order chi connectivity index (χ1) is 9.90. The van der Waals surface area contributed by atoms with Crippen molar-refractivity contribution < 1.29 is 0 Å². The molecule has 2 N–H and O–H groups in total. The van der Waals surface area contributed by atoms with E-state index in [1.165, 1.54) is 21.7 Å². The maximum atomic E-state index is 5.70. The highest BCUT2D eigenvalue weighted by molar-refractivity contribution is 7.17. The SMILES string of the molecule is Cc1sc2nc(CN)cn2c1-c1ccc(C(C)(C)C)cc1. The van der Waals surface area contributed by atoms with Crippen LogP contribution in [0.15, 0.2) is 30.5 Å². The molecular formula is C17H21N3S. The predicted octanol–water partition coefficient (Wildman–Crippen LogP) is 4.13. The summed E-state index contributed by atoms with van der Waals surface area (Å²) in [5.41, 5.74) is 10.6. The lowest BCUT2D eigenvalue weighted by atomic mass is 9.86. The van der Waals surface area contributed by atoms with Gasteiger partial charge >= 0.3 is 0 Å². The third-order valence-electron chi connectivity index (χ3n) is 3.78. The second kappa shape index (κ2) is 4.97. The van der Waals surface area contributed by atoms with Gasteiger partial charge < -0.3 is 5.73 Å². The zero-order valence-electron chi connectivity index (χ0n) is 13.0. The number of nitrogens with two attached hydrogens (primary N) is 1. The fraction of sp³-hybridized carbons (Fsp3) is 0.353. The standard InChI is InChI=1S/C17H21N3S/c1-11-15(20-10-14(9-18)19-16(20)21-11)12-5-7-13(8-6-12)17(2,3)4/h5-8,10H,9,18H2,1-4H3. The Labute approximate surface area is 129 Å². The van der Waals surface area contributed by atoms with Crippen LogP contribution in [0.3, 0.4) is 0 Å². The number of aromatic nitrogens is 2. The van der Waals surface area contributed by atoms with Crippen molar-refractivity contribution in [2.24, 2.45) is 5.73 Å². The number of benzene rings is 1. The van der Waals surface area contributed by atoms with E-state index >= 15 is 0 Å². The lowest BCUT2D eigenvalue weighted by molar-refractivity contribution is 0.590. The number of rotatable bonds is 2. The zero-order valence-corrected chi connectivity index (χ0v) is 13.8. The smallest absolute Gasteiger partial charge is 0.194 e. The molecular weight excluding hydrogens is 278 g/mol. The van der Waals surface area contributed by atoms with Crippen molar-refractivity contribution in [1.82, 2.24) is 9.38 Å². The van der Waals surface area contributed by atoms with E-state index in [-0.39, 0.29) is 5.41 Å². The van der Waals surface area contributed by atoms with E-state index < -0.39 is 0 Å². The van der Waals surface area contributed by atoms with E-state index in [1.54, 1.807) is 11.3 Å². The van der Waals surface area contributed by atoms with Crippen LogP contribution in [0.2, 0.25) is 0 Å². The van der Waals surface area contributed by atoms with Crippen LogP contribution in [0, 0.1) is 6.92 Å². The van der Waals surface area contributed by atoms with E-state index in [1.807, 2.05) is 6.20 Å². The van der Waals surface area contributed by atoms with E-state index in [2.05, 4.69) is 61.3 Å². The molecule has 0 bridgehead atoms. The zero-order chi connectivity index (χ0) is 15.2. The monoisotopic (exact) mass is 299 g/mol. The Morgan fingerprint density at radius 3 is 2.43 bits per heavy atom. The molecule has 0 fully saturated rings. The van der Waals surface area contributed by atoms with Gasteiger partial charge in [-0.25, -0.2) is 4.98 Å².